The summed E-state index contributed by atoms with van der Waals surface area (Å²) in [5, 5.41) is 3.13. The molecule has 0 saturated carbocycles. The predicted octanol–water partition coefficient (Wildman–Crippen LogP) is -0.586. The van der Waals surface area contributed by atoms with Crippen LogP contribution in [0, 0.1) is 0 Å². The van der Waals surface area contributed by atoms with Gasteiger partial charge in [-0.25, -0.2) is 4.79 Å². The largest absolute Gasteiger partial charge is 0.450 e. The van der Waals surface area contributed by atoms with E-state index in [0.717, 1.165) is 5.37 Å². The van der Waals surface area contributed by atoms with E-state index in [9.17, 15) is 13.2 Å². The molecule has 0 rings (SSSR count). The summed E-state index contributed by atoms with van der Waals surface area (Å²) in [4.78, 5) is 10.5. The summed E-state index contributed by atoms with van der Waals surface area (Å²) in [7, 11) is -2.23. The zero-order valence-electron chi connectivity index (χ0n) is 6.03. The molecule has 0 aromatic rings. The summed E-state index contributed by atoms with van der Waals surface area (Å²) in [6, 6.07) is 0. The fourth-order valence-electron chi connectivity index (χ4n) is 0.375. The number of alkyl carbamates (subject to hydrolysis) is 1. The number of hydrogen-bond acceptors (Lipinski definition) is 4. The lowest BCUT2D eigenvalue weighted by Crippen LogP contribution is -2.25. The van der Waals surface area contributed by atoms with Crippen LogP contribution >= 0.6 is 0 Å². The van der Waals surface area contributed by atoms with Crippen molar-refractivity contribution in [2.45, 2.75) is 6.92 Å². The molecule has 0 aliphatic heterocycles. The lowest BCUT2D eigenvalue weighted by Gasteiger charge is -1.99. The van der Waals surface area contributed by atoms with Crippen LogP contribution in [0.1, 0.15) is 6.92 Å². The maximum atomic E-state index is 10.5. The number of rotatable bonds is 3. The second-order valence-electron chi connectivity index (χ2n) is 1.53. The Labute approximate surface area is 65.9 Å². The molecule has 0 radical (unpaired) electrons. The van der Waals surface area contributed by atoms with E-state index < -0.39 is 16.4 Å². The van der Waals surface area contributed by atoms with Gasteiger partial charge in [-0.2, -0.15) is 8.42 Å². The first-order valence-electron chi connectivity index (χ1n) is 2.98. The molecular formula is C5H9NO4S. The first-order chi connectivity index (χ1) is 5.16. The maximum Gasteiger partial charge on any atom is 0.407 e. The summed E-state index contributed by atoms with van der Waals surface area (Å²) in [6.45, 7) is 1.90. The van der Waals surface area contributed by atoms with Crippen LogP contribution in [-0.4, -0.2) is 33.0 Å². The number of hydrogen-bond donors (Lipinski definition) is 1. The SMILES string of the molecule is CCOC(=O)NCC=S(=O)=O. The Morgan fingerprint density at radius 3 is 2.73 bits per heavy atom. The van der Waals surface area contributed by atoms with Gasteiger partial charge < -0.3 is 10.1 Å². The fraction of sp³-hybridized carbons (Fsp3) is 0.600. The molecule has 1 N–H and O–H groups in total. The molecule has 0 aliphatic carbocycles. The van der Waals surface area contributed by atoms with Gasteiger partial charge in [0.25, 0.3) is 0 Å². The van der Waals surface area contributed by atoms with Crippen molar-refractivity contribution in [1.82, 2.24) is 5.32 Å². The minimum Gasteiger partial charge on any atom is -0.450 e. The second kappa shape index (κ2) is 5.72. The third-order valence-electron chi connectivity index (χ3n) is 0.741. The summed E-state index contributed by atoms with van der Waals surface area (Å²) in [5.41, 5.74) is 0. The summed E-state index contributed by atoms with van der Waals surface area (Å²) in [6.07, 6.45) is -0.616. The molecule has 0 bridgehead atoms. The topological polar surface area (TPSA) is 72.5 Å². The van der Waals surface area contributed by atoms with E-state index in [-0.39, 0.29) is 13.2 Å². The van der Waals surface area contributed by atoms with Crippen LogP contribution in [0.3, 0.4) is 0 Å². The zero-order chi connectivity index (χ0) is 8.69. The number of nitrogens with one attached hydrogen (secondary N) is 1. The van der Waals surface area contributed by atoms with E-state index in [1.807, 2.05) is 0 Å². The molecule has 0 saturated heterocycles. The van der Waals surface area contributed by atoms with E-state index in [1.165, 1.54) is 0 Å². The molecule has 0 aliphatic rings. The summed E-state index contributed by atoms with van der Waals surface area (Å²) >= 11 is 0. The van der Waals surface area contributed by atoms with Gasteiger partial charge in [0.05, 0.1) is 18.5 Å². The molecular weight excluding hydrogens is 170 g/mol. The molecule has 0 aromatic carbocycles. The van der Waals surface area contributed by atoms with Crippen LogP contribution in [0.5, 0.6) is 0 Å². The Kier molecular flexibility index (Phi) is 5.18. The molecule has 11 heavy (non-hydrogen) atoms. The third kappa shape index (κ3) is 6.85. The van der Waals surface area contributed by atoms with Crippen LogP contribution in [0.25, 0.3) is 0 Å². The van der Waals surface area contributed by atoms with Gasteiger partial charge in [-0.15, -0.1) is 0 Å². The first kappa shape index (κ1) is 9.96. The molecule has 0 spiro atoms. The normalized spacial score (nSPS) is 8.45. The monoisotopic (exact) mass is 179 g/mol. The van der Waals surface area contributed by atoms with Crippen molar-refractivity contribution in [2.24, 2.45) is 0 Å². The Balaban J connectivity index is 3.55. The summed E-state index contributed by atoms with van der Waals surface area (Å²) in [5.74, 6) is 0. The molecule has 0 aromatic heterocycles. The molecule has 1 amide bonds. The van der Waals surface area contributed by atoms with Crippen LogP contribution in [-0.2, 0) is 15.0 Å². The number of carbonyl (C=O) groups excluding carboxylic acids is 1. The maximum absolute atomic E-state index is 10.5. The molecule has 0 atom stereocenters. The Bertz CT molecular complexity index is 235. The number of carbonyl (C=O) groups is 1. The highest BCUT2D eigenvalue weighted by molar-refractivity contribution is 7.71. The van der Waals surface area contributed by atoms with Crippen molar-refractivity contribution in [3.8, 4) is 0 Å². The molecule has 64 valence electrons. The lowest BCUT2D eigenvalue weighted by atomic mass is 10.7. The predicted molar refractivity (Wildman–Crippen MR) is 40.0 cm³/mol. The zero-order valence-corrected chi connectivity index (χ0v) is 6.85. The third-order valence-corrected chi connectivity index (χ3v) is 1.18. The highest BCUT2D eigenvalue weighted by Crippen LogP contribution is 1.72. The van der Waals surface area contributed by atoms with Crippen molar-refractivity contribution in [1.29, 1.82) is 0 Å². The van der Waals surface area contributed by atoms with Crippen molar-refractivity contribution in [2.75, 3.05) is 13.2 Å². The quantitative estimate of drug-likeness (QED) is 0.588. The van der Waals surface area contributed by atoms with Gasteiger partial charge in [-0.3, -0.25) is 0 Å². The molecule has 0 fully saturated rings. The number of ether oxygens (including phenoxy) is 1. The molecule has 5 nitrogen and oxygen atoms in total. The highest BCUT2D eigenvalue weighted by Gasteiger charge is 1.95. The van der Waals surface area contributed by atoms with Gasteiger partial charge in [-0.1, -0.05) is 0 Å². The first-order valence-corrected chi connectivity index (χ1v) is 4.12. The average molecular weight is 179 g/mol. The molecule has 0 heterocycles. The second-order valence-corrected chi connectivity index (χ2v) is 2.38. The lowest BCUT2D eigenvalue weighted by molar-refractivity contribution is 0.154. The van der Waals surface area contributed by atoms with Crippen molar-refractivity contribution in [3.63, 3.8) is 0 Å². The molecule has 0 unspecified atom stereocenters. The van der Waals surface area contributed by atoms with E-state index in [0.29, 0.717) is 0 Å². The standard InChI is InChI=1S/C5H9NO4S/c1-2-10-5(7)6-3-4-11(8)9/h4H,2-3H2,1H3,(H,6,7). The van der Waals surface area contributed by atoms with Gasteiger partial charge in [0.1, 0.15) is 0 Å². The van der Waals surface area contributed by atoms with Gasteiger partial charge >= 0.3 is 6.09 Å². The van der Waals surface area contributed by atoms with Crippen LogP contribution < -0.4 is 5.32 Å². The average Bonchev–Trinajstić information content (AvgIpc) is 1.87. The Morgan fingerprint density at radius 2 is 2.27 bits per heavy atom. The fourth-order valence-corrected chi connectivity index (χ4v) is 0.595. The Morgan fingerprint density at radius 1 is 1.64 bits per heavy atom. The van der Waals surface area contributed by atoms with Crippen molar-refractivity contribution >= 4 is 21.8 Å². The van der Waals surface area contributed by atoms with Crippen molar-refractivity contribution in [3.05, 3.63) is 0 Å². The van der Waals surface area contributed by atoms with E-state index in [1.54, 1.807) is 6.92 Å². The van der Waals surface area contributed by atoms with Crippen molar-refractivity contribution < 1.29 is 17.9 Å². The van der Waals surface area contributed by atoms with Crippen LogP contribution in [0.2, 0.25) is 0 Å². The Hall–Kier alpha value is -1.04. The van der Waals surface area contributed by atoms with Gasteiger partial charge in [0.2, 0.25) is 10.3 Å². The van der Waals surface area contributed by atoms with Gasteiger partial charge in [0.15, 0.2) is 0 Å². The number of amides is 1. The van der Waals surface area contributed by atoms with Gasteiger partial charge in [-0.05, 0) is 6.92 Å². The molecule has 6 heteroatoms. The van der Waals surface area contributed by atoms with E-state index in [2.05, 4.69) is 10.1 Å². The summed E-state index contributed by atoms with van der Waals surface area (Å²) < 4.78 is 24.2. The van der Waals surface area contributed by atoms with Crippen LogP contribution in [0.15, 0.2) is 0 Å². The van der Waals surface area contributed by atoms with E-state index in [4.69, 9.17) is 0 Å². The van der Waals surface area contributed by atoms with E-state index >= 15 is 0 Å². The van der Waals surface area contributed by atoms with Crippen LogP contribution in [0.4, 0.5) is 4.79 Å². The minimum atomic E-state index is -2.23. The minimum absolute atomic E-state index is 0.0328. The van der Waals surface area contributed by atoms with Gasteiger partial charge in [0, 0.05) is 0 Å². The highest BCUT2D eigenvalue weighted by atomic mass is 32.2. The smallest absolute Gasteiger partial charge is 0.407 e.